The lowest BCUT2D eigenvalue weighted by atomic mass is 9.70. The Morgan fingerprint density at radius 3 is 1.47 bits per heavy atom. The smallest absolute Gasteiger partial charge is 0.231 e. The van der Waals surface area contributed by atoms with Crippen molar-refractivity contribution in [2.24, 2.45) is 40.3 Å². The van der Waals surface area contributed by atoms with Crippen molar-refractivity contribution in [2.75, 3.05) is 261 Å². The van der Waals surface area contributed by atoms with E-state index in [0.29, 0.717) is 44.5 Å². The number of carbonyl (C=O) groups is 2. The molecule has 5 aromatic rings. The number of likely N-dealkylation sites (tertiary alicyclic amines) is 2. The molecule has 0 radical (unpaired) electrons. The number of carbonyl (C=O) groups excluding carboxylic acids is 2. The van der Waals surface area contributed by atoms with Crippen LogP contribution in [0.25, 0.3) is 0 Å². The van der Waals surface area contributed by atoms with Crippen LogP contribution in [0.2, 0.25) is 5.02 Å². The summed E-state index contributed by atoms with van der Waals surface area (Å²) >= 11 is 20.3. The van der Waals surface area contributed by atoms with E-state index < -0.39 is 10.2 Å². The van der Waals surface area contributed by atoms with E-state index in [1.807, 2.05) is 87.8 Å². The van der Waals surface area contributed by atoms with Crippen molar-refractivity contribution in [1.82, 2.24) is 83.6 Å². The van der Waals surface area contributed by atoms with Gasteiger partial charge in [0.05, 0.1) is 35.4 Å². The van der Waals surface area contributed by atoms with Crippen LogP contribution in [-0.2, 0) is 37.6 Å². The van der Waals surface area contributed by atoms with Gasteiger partial charge in [0.25, 0.3) is 0 Å². The topological polar surface area (TPSA) is 392 Å². The van der Waals surface area contributed by atoms with Crippen LogP contribution in [0, 0.1) is 5.92 Å². The summed E-state index contributed by atoms with van der Waals surface area (Å²) in [7, 11) is 9.26. The summed E-state index contributed by atoms with van der Waals surface area (Å²) in [4.78, 5) is 41.4. The number of piperidine rings is 2. The second-order valence-corrected chi connectivity index (χ2v) is 38.1. The fourth-order valence-electron chi connectivity index (χ4n) is 15.5. The molecular formula is C108H202BrCl3N24O4. The third-order valence-electron chi connectivity index (χ3n) is 23.5. The molecule has 9 fully saturated rings. The van der Waals surface area contributed by atoms with Crippen LogP contribution in [0.5, 0.6) is 0 Å². The van der Waals surface area contributed by atoms with Crippen LogP contribution in [0.4, 0.5) is 11.6 Å². The fraction of sp³-hybridized carbons (Fsp3) is 0.685. The summed E-state index contributed by atoms with van der Waals surface area (Å²) in [6, 6.07) is 42.7. The van der Waals surface area contributed by atoms with Gasteiger partial charge in [-0.25, -0.2) is 9.97 Å². The van der Waals surface area contributed by atoms with Gasteiger partial charge in [-0.15, -0.1) is 23.2 Å². The minimum atomic E-state index is -0.630. The highest BCUT2D eigenvalue weighted by atomic mass is 79.9. The molecule has 32 heteroatoms. The number of amides is 1. The zero-order valence-electron chi connectivity index (χ0n) is 89.2. The number of nitrogens with one attached hydrogen (secondary N) is 12. The van der Waals surface area contributed by atoms with Crippen molar-refractivity contribution in [3.05, 3.63) is 179 Å². The Morgan fingerprint density at radius 2 is 1.09 bits per heavy atom. The third-order valence-corrected chi connectivity index (χ3v) is 24.5. The quantitative estimate of drug-likeness (QED) is 0.0126. The number of Topliss-reactive ketones (excluding diaryl/α,β-unsaturated/α-hetero) is 1. The number of anilines is 2. The first-order valence-corrected chi connectivity index (χ1v) is 54.8. The number of ether oxygens (including phenoxy) is 2. The van der Waals surface area contributed by atoms with Gasteiger partial charge in [0, 0.05) is 136 Å². The molecule has 1 aliphatic carbocycles. The number of aromatic nitrogens is 2. The summed E-state index contributed by atoms with van der Waals surface area (Å²) in [6.45, 7) is 49.5. The number of primary amides is 1. The molecule has 0 spiro atoms. The van der Waals surface area contributed by atoms with E-state index in [2.05, 4.69) is 239 Å². The molecule has 15 rings (SSSR count). The lowest BCUT2D eigenvalue weighted by molar-refractivity contribution is -0.123. The summed E-state index contributed by atoms with van der Waals surface area (Å²) in [5.74, 6) is 1.54. The highest BCUT2D eigenvalue weighted by Crippen LogP contribution is 2.34. The Morgan fingerprint density at radius 1 is 0.571 bits per heavy atom. The summed E-state index contributed by atoms with van der Waals surface area (Å²) < 4.78 is 9.11. The average molecular weight is 2090 g/mol. The molecule has 1 aromatic heterocycles. The fourth-order valence-corrected chi connectivity index (χ4v) is 16.2. The van der Waals surface area contributed by atoms with Crippen LogP contribution in [0.3, 0.4) is 0 Å². The number of benzene rings is 4. The maximum absolute atomic E-state index is 11.9. The second kappa shape index (κ2) is 101. The van der Waals surface area contributed by atoms with Crippen LogP contribution in [0.15, 0.2) is 157 Å². The van der Waals surface area contributed by atoms with Crippen LogP contribution in [0.1, 0.15) is 200 Å². The van der Waals surface area contributed by atoms with Crippen molar-refractivity contribution in [3.8, 4) is 0 Å². The number of para-hydroxylation sites is 1. The molecule has 4 aromatic carbocycles. The molecule has 806 valence electrons. The summed E-state index contributed by atoms with van der Waals surface area (Å²) in [5.41, 5.74) is 35.0. The Bertz CT molecular complexity index is 3370. The maximum atomic E-state index is 11.9. The number of alkyl halides is 2. The molecule has 1 saturated carbocycles. The predicted octanol–water partition coefficient (Wildman–Crippen LogP) is 13.1. The molecule has 0 bridgehead atoms. The number of hydrogen-bond donors (Lipinski definition) is 18. The lowest BCUT2D eigenvalue weighted by Gasteiger charge is -2.35. The van der Waals surface area contributed by atoms with Crippen molar-refractivity contribution < 1.29 is 19.1 Å². The Hall–Kier alpha value is -5.31. The van der Waals surface area contributed by atoms with E-state index in [9.17, 15) is 9.59 Å². The first kappa shape index (κ1) is 137. The van der Waals surface area contributed by atoms with Crippen molar-refractivity contribution in [3.63, 3.8) is 0 Å². The van der Waals surface area contributed by atoms with Crippen molar-refractivity contribution in [2.45, 2.75) is 224 Å². The van der Waals surface area contributed by atoms with Gasteiger partial charge >= 0.3 is 0 Å². The van der Waals surface area contributed by atoms with Gasteiger partial charge in [-0.3, -0.25) is 9.59 Å². The monoisotopic (exact) mass is 2080 g/mol. The number of piperazine rings is 2. The number of ketones is 1. The molecular weight excluding hydrogens is 1880 g/mol. The number of rotatable bonds is 28. The molecule has 28 nitrogen and oxygen atoms in total. The van der Waals surface area contributed by atoms with Gasteiger partial charge in [-0.1, -0.05) is 209 Å². The molecule has 0 unspecified atom stereocenters. The minimum absolute atomic E-state index is 0.0556. The number of unbranched alkanes of at least 4 members (excludes halogenated alkanes) is 1. The Balaban J connectivity index is 0. The SMILES string of the molecule is C1=CCNC1.C1CCN(C2CCNCC2)C1.C1CN[C@H](CN2CCCC2)C1.CC(=O)C1(c2ccccc2)CCNCC1.CC(Cl)(Cl)CCN.CCCCNCC.CCNC.CCNCC.CNC.CNCC/C=C/Br.COCCN.Clc1ccccc1N1CCNCC1.NCC(N)=O.NCC1CCCCC1.NC[C@H]1CCCO1.c1ccc(CNCc2ccccc2)cc1.c1cnc(N2CCNCC2)nc1. The van der Waals surface area contributed by atoms with Crippen LogP contribution < -0.4 is 108 Å². The Labute approximate surface area is 875 Å². The normalized spacial score (nSPS) is 17.8. The molecule has 10 aliphatic rings. The zero-order chi connectivity index (χ0) is 104. The number of hydrogen-bond acceptors (Lipinski definition) is 27. The zero-order valence-corrected chi connectivity index (χ0v) is 93.1. The Kier molecular flexibility index (Phi) is 98.6. The largest absolute Gasteiger partial charge is 0.383 e. The number of nitrogens with zero attached hydrogens (tertiary/aromatic N) is 6. The number of nitrogens with two attached hydrogens (primary N) is 6. The lowest BCUT2D eigenvalue weighted by Crippen LogP contribution is -2.44. The van der Waals surface area contributed by atoms with Gasteiger partial charge < -0.3 is 127 Å². The van der Waals surface area contributed by atoms with Crippen molar-refractivity contribution >= 4 is 74.1 Å². The van der Waals surface area contributed by atoms with E-state index in [4.69, 9.17) is 68.2 Å². The van der Waals surface area contributed by atoms with Gasteiger partial charge in [-0.05, 0) is 308 Å². The van der Waals surface area contributed by atoms with Crippen LogP contribution >= 0.6 is 50.7 Å². The van der Waals surface area contributed by atoms with E-state index >= 15 is 0 Å². The van der Waals surface area contributed by atoms with Crippen LogP contribution in [-0.4, -0.2) is 305 Å². The molecule has 2 atom stereocenters. The molecule has 24 N–H and O–H groups in total. The third kappa shape index (κ3) is 79.9. The van der Waals surface area contributed by atoms with Gasteiger partial charge in [0.2, 0.25) is 11.9 Å². The molecule has 8 saturated heterocycles. The van der Waals surface area contributed by atoms with E-state index in [0.717, 1.165) is 198 Å². The van der Waals surface area contributed by atoms with E-state index in [1.165, 1.54) is 178 Å². The van der Waals surface area contributed by atoms with Gasteiger partial charge in [-0.2, -0.15) is 0 Å². The van der Waals surface area contributed by atoms with Gasteiger partial charge in [0.15, 0.2) is 0 Å². The van der Waals surface area contributed by atoms with Gasteiger partial charge in [0.1, 0.15) is 10.1 Å². The first-order chi connectivity index (χ1) is 68.1. The maximum Gasteiger partial charge on any atom is 0.231 e. The summed E-state index contributed by atoms with van der Waals surface area (Å²) in [5, 5.41) is 39.3. The van der Waals surface area contributed by atoms with E-state index in [1.54, 1.807) is 33.4 Å². The first-order valence-electron chi connectivity index (χ1n) is 52.7. The highest BCUT2D eigenvalue weighted by molar-refractivity contribution is 9.11. The summed E-state index contributed by atoms with van der Waals surface area (Å²) in [6.07, 6.45) is 37.1. The van der Waals surface area contributed by atoms with Crippen molar-refractivity contribution in [1.29, 1.82) is 0 Å². The number of methoxy groups -OCH3 is 1. The molecule has 9 aliphatic heterocycles. The molecule has 140 heavy (non-hydrogen) atoms. The standard InChI is InChI=1S/C14H15N.C13H17NO.C10H13ClN2.2C9H18N2.C8H12N4.C7H15N.C6H15N.C5H10BrN.C5H11NO.C4H9Cl2N.C4H7N.C4H11N.C3H9NO.C3H9N.C2H6N2O.C2H7N/c1-3-7-13(8-4-1)11-15-12-14-9-5-2-6-10-14;1-11(15)13(7-9-14-10-8-13)12-5-3-2-4-6-12;11-9-3-1-2-4-10(9)13-7-5-12-6-8-13;1-2-8-11(7-1)9-3-5-10-6-4-9;1-2-7-11(6-1)8-9-4-3-5-10-9;1-2-10-8(11-3-1)12-6-4-9-5-7-12;8-6-7-4-2-1-3-5-7;1-3-5-6-7-4-2;1-7-5-3-2-4-6;6-4-5-2-1-3-7-5;1-4(5,6)2-3-7;1-2-4-5-3-1;1-3-5-4-2;1-5-3-2-4;1-3-4-2;3-1-2(4)5;1-3-2/h1-10,15H,11-12H2;2-6,14H,7-10H2,1H3;1-4,12H,5-8H2;2*9-10H,1-8H2;1-3,9H,4-7H2;7H,1-6,8H2;7H,3-6H2,1-2H3;2,4,7H,3,5H2,1H3;5H,1-4,6H2;2-3,7H2,1H3;1-2,5H,3-4H2;5H,3-4H2,1-2H3;2-4H2,1H3;4H,3H2,1-2H3;1,3H2,(H2,4,5);3H,1-2H3/b;;;;;;;;4-2+;;;;;;;;/t;;;;9-;;;;;5-;;;;;;;/m....0....1......./s1. The highest BCUT2D eigenvalue weighted by Gasteiger charge is 2.38. The average Bonchev–Trinajstić information content (AvgIpc) is 0.948. The molecule has 1 amide bonds. The van der Waals surface area contributed by atoms with E-state index in [-0.39, 0.29) is 12.0 Å². The number of halogens is 4. The molecule has 10 heterocycles. The second-order valence-electron chi connectivity index (χ2n) is 35.3. The predicted molar refractivity (Wildman–Crippen MR) is 609 cm³/mol. The minimum Gasteiger partial charge on any atom is -0.383 e.